The van der Waals surface area contributed by atoms with Gasteiger partial charge in [-0.3, -0.25) is 4.79 Å². The second kappa shape index (κ2) is 7.20. The van der Waals surface area contributed by atoms with Crippen LogP contribution in [0, 0.1) is 46.3 Å². The van der Waals surface area contributed by atoms with Crippen LogP contribution in [-0.4, -0.2) is 33.1 Å². The van der Waals surface area contributed by atoms with E-state index in [1.165, 1.54) is 19.3 Å². The summed E-state index contributed by atoms with van der Waals surface area (Å²) in [5, 5.41) is 30.8. The molecule has 0 aromatic heterocycles. The molecule has 0 spiro atoms. The first-order valence-corrected chi connectivity index (χ1v) is 11.9. The summed E-state index contributed by atoms with van der Waals surface area (Å²) in [5.41, 5.74) is 5.41. The Morgan fingerprint density at radius 3 is 2.48 bits per heavy atom. The molecule has 4 saturated carbocycles. The molecule has 0 amide bonds. The molecule has 4 aliphatic carbocycles. The van der Waals surface area contributed by atoms with E-state index in [2.05, 4.69) is 20.8 Å². The SMILES string of the molecule is C[C@H](CCC(=O)O)[C@H]1CC[C@H]2[C@@H]3[C@H](O)CC4C[C@](N)(O)CC[C@]4(C)[C@H]3CC[C@]12C. The van der Waals surface area contributed by atoms with E-state index in [1.807, 2.05) is 0 Å². The third-order valence-electron chi connectivity index (χ3n) is 10.4. The zero-order chi connectivity index (χ0) is 21.2. The Morgan fingerprint density at radius 1 is 1.10 bits per heavy atom. The lowest BCUT2D eigenvalue weighted by Gasteiger charge is -2.63. The van der Waals surface area contributed by atoms with Crippen molar-refractivity contribution in [2.45, 2.75) is 96.8 Å². The maximum absolute atomic E-state index is 11.3. The third-order valence-corrected chi connectivity index (χ3v) is 10.4. The molecule has 10 atom stereocenters. The third kappa shape index (κ3) is 3.45. The Hall–Kier alpha value is -0.650. The van der Waals surface area contributed by atoms with E-state index in [0.717, 1.165) is 25.7 Å². The van der Waals surface area contributed by atoms with Crippen molar-refractivity contribution < 1.29 is 20.1 Å². The molecule has 166 valence electrons. The summed E-state index contributed by atoms with van der Waals surface area (Å²) in [6.45, 7) is 7.08. The quantitative estimate of drug-likeness (QED) is 0.531. The average Bonchev–Trinajstić information content (AvgIpc) is 2.98. The first kappa shape index (κ1) is 21.6. The van der Waals surface area contributed by atoms with E-state index in [-0.39, 0.29) is 23.4 Å². The van der Waals surface area contributed by atoms with E-state index >= 15 is 0 Å². The highest BCUT2D eigenvalue weighted by atomic mass is 16.4. The molecule has 4 fully saturated rings. The summed E-state index contributed by atoms with van der Waals surface area (Å²) in [4.78, 5) is 11.1. The van der Waals surface area contributed by atoms with Crippen LogP contribution in [0.4, 0.5) is 0 Å². The van der Waals surface area contributed by atoms with Crippen LogP contribution in [0.25, 0.3) is 0 Å². The van der Waals surface area contributed by atoms with Gasteiger partial charge in [-0.1, -0.05) is 20.8 Å². The summed E-state index contributed by atoms with van der Waals surface area (Å²) in [7, 11) is 0. The highest BCUT2D eigenvalue weighted by Crippen LogP contribution is 2.68. The summed E-state index contributed by atoms with van der Waals surface area (Å²) in [6, 6.07) is 0. The molecular weight excluding hydrogens is 366 g/mol. The zero-order valence-electron chi connectivity index (χ0n) is 18.4. The van der Waals surface area contributed by atoms with Crippen molar-refractivity contribution in [3.63, 3.8) is 0 Å². The monoisotopic (exact) mass is 407 g/mol. The van der Waals surface area contributed by atoms with Crippen LogP contribution in [0.15, 0.2) is 0 Å². The van der Waals surface area contributed by atoms with Gasteiger partial charge in [0, 0.05) is 6.42 Å². The van der Waals surface area contributed by atoms with Gasteiger partial charge >= 0.3 is 5.97 Å². The molecule has 0 aromatic rings. The van der Waals surface area contributed by atoms with Gasteiger partial charge in [-0.2, -0.15) is 0 Å². The smallest absolute Gasteiger partial charge is 0.303 e. The standard InChI is InChI=1S/C24H41NO4/c1-14(4-7-20(27)28)16-5-6-17-21-18(8-9-23(16,17)3)22(2)10-11-24(25,29)13-15(22)12-19(21)26/h14-19,21,26,29H,4-13,25H2,1-3H3,(H,27,28)/t14-,15?,16-,17+,18+,19-,21+,22+,23-,24-/m1/s1. The molecule has 0 saturated heterocycles. The van der Waals surface area contributed by atoms with E-state index in [4.69, 9.17) is 10.8 Å². The highest BCUT2D eigenvalue weighted by molar-refractivity contribution is 5.66. The molecule has 29 heavy (non-hydrogen) atoms. The van der Waals surface area contributed by atoms with Crippen molar-refractivity contribution in [2.75, 3.05) is 0 Å². The number of aliphatic hydroxyl groups excluding tert-OH is 1. The molecule has 4 rings (SSSR count). The Kier molecular flexibility index (Phi) is 5.36. The number of aliphatic carboxylic acids is 1. The Morgan fingerprint density at radius 2 is 1.79 bits per heavy atom. The predicted octanol–water partition coefficient (Wildman–Crippen LogP) is 3.76. The van der Waals surface area contributed by atoms with Crippen molar-refractivity contribution >= 4 is 5.97 Å². The molecule has 5 N–H and O–H groups in total. The number of carboxylic acid groups (broad SMARTS) is 1. The van der Waals surface area contributed by atoms with Crippen LogP contribution in [0.3, 0.4) is 0 Å². The number of carboxylic acids is 1. The van der Waals surface area contributed by atoms with Crippen molar-refractivity contribution in [1.82, 2.24) is 0 Å². The number of carbonyl (C=O) groups is 1. The molecule has 4 aliphatic rings. The fourth-order valence-electron chi connectivity index (χ4n) is 8.77. The molecule has 5 heteroatoms. The second-order valence-electron chi connectivity index (χ2n) is 11.7. The van der Waals surface area contributed by atoms with Gasteiger partial charge in [0.2, 0.25) is 0 Å². The average molecular weight is 408 g/mol. The Bertz CT molecular complexity index is 651. The zero-order valence-corrected chi connectivity index (χ0v) is 18.4. The van der Waals surface area contributed by atoms with Gasteiger partial charge in [0.15, 0.2) is 0 Å². The van der Waals surface area contributed by atoms with Crippen LogP contribution < -0.4 is 5.73 Å². The molecule has 0 radical (unpaired) electrons. The lowest BCUT2D eigenvalue weighted by atomic mass is 9.43. The lowest BCUT2D eigenvalue weighted by molar-refractivity contribution is -0.187. The maximum Gasteiger partial charge on any atom is 0.303 e. The molecule has 5 nitrogen and oxygen atoms in total. The van der Waals surface area contributed by atoms with Crippen LogP contribution >= 0.6 is 0 Å². The fourth-order valence-corrected chi connectivity index (χ4v) is 8.77. The molecular formula is C24H41NO4. The van der Waals surface area contributed by atoms with Crippen LogP contribution in [0.2, 0.25) is 0 Å². The van der Waals surface area contributed by atoms with Crippen molar-refractivity contribution in [1.29, 1.82) is 0 Å². The number of nitrogens with two attached hydrogens (primary N) is 1. The number of rotatable bonds is 4. The van der Waals surface area contributed by atoms with Gasteiger partial charge < -0.3 is 21.1 Å². The van der Waals surface area contributed by atoms with Gasteiger partial charge in [0.1, 0.15) is 5.72 Å². The number of fused-ring (bicyclic) bond motifs is 5. The van der Waals surface area contributed by atoms with Gasteiger partial charge in [0.05, 0.1) is 6.10 Å². The minimum atomic E-state index is -1.07. The normalized spacial score (nSPS) is 52.9. The highest BCUT2D eigenvalue weighted by Gasteiger charge is 2.63. The molecule has 0 aromatic carbocycles. The second-order valence-corrected chi connectivity index (χ2v) is 11.7. The van der Waals surface area contributed by atoms with Crippen molar-refractivity contribution in [2.24, 2.45) is 52.1 Å². The van der Waals surface area contributed by atoms with Gasteiger partial charge in [-0.25, -0.2) is 0 Å². The topological polar surface area (TPSA) is 104 Å². The lowest BCUT2D eigenvalue weighted by Crippen LogP contribution is -2.61. The molecule has 0 aliphatic heterocycles. The largest absolute Gasteiger partial charge is 0.481 e. The maximum atomic E-state index is 11.3. The first-order valence-electron chi connectivity index (χ1n) is 11.9. The number of hydrogen-bond acceptors (Lipinski definition) is 4. The van der Waals surface area contributed by atoms with Crippen LogP contribution in [-0.2, 0) is 4.79 Å². The summed E-state index contributed by atoms with van der Waals surface area (Å²) in [5.74, 6) is 1.98. The predicted molar refractivity (Wildman–Crippen MR) is 112 cm³/mol. The summed E-state index contributed by atoms with van der Waals surface area (Å²) >= 11 is 0. The summed E-state index contributed by atoms with van der Waals surface area (Å²) < 4.78 is 0. The van der Waals surface area contributed by atoms with Gasteiger partial charge in [-0.05, 0) is 104 Å². The van der Waals surface area contributed by atoms with E-state index < -0.39 is 11.7 Å². The van der Waals surface area contributed by atoms with E-state index in [9.17, 15) is 15.0 Å². The van der Waals surface area contributed by atoms with Gasteiger partial charge in [0.25, 0.3) is 0 Å². The molecule has 1 unspecified atom stereocenters. The van der Waals surface area contributed by atoms with E-state index in [0.29, 0.717) is 48.3 Å². The van der Waals surface area contributed by atoms with Crippen molar-refractivity contribution in [3.8, 4) is 0 Å². The Labute approximate surface area is 175 Å². The Balaban J connectivity index is 1.56. The molecule has 0 bridgehead atoms. The van der Waals surface area contributed by atoms with E-state index in [1.54, 1.807) is 0 Å². The summed E-state index contributed by atoms with van der Waals surface area (Å²) in [6.07, 6.45) is 8.38. The minimum Gasteiger partial charge on any atom is -0.481 e. The van der Waals surface area contributed by atoms with Gasteiger partial charge in [-0.15, -0.1) is 0 Å². The first-order chi connectivity index (χ1) is 13.5. The van der Waals surface area contributed by atoms with Crippen LogP contribution in [0.1, 0.15) is 85.0 Å². The fraction of sp³-hybridized carbons (Fsp3) is 0.958. The minimum absolute atomic E-state index is 0.170. The van der Waals surface area contributed by atoms with Crippen molar-refractivity contribution in [3.05, 3.63) is 0 Å². The molecule has 0 heterocycles. The van der Waals surface area contributed by atoms with Crippen LogP contribution in [0.5, 0.6) is 0 Å². The number of aliphatic hydroxyl groups is 2. The number of hydrogen-bond donors (Lipinski definition) is 4.